The van der Waals surface area contributed by atoms with E-state index in [9.17, 15) is 4.79 Å². The standard InChI is InChI=1S/C11H16N4OS/c1-7-8(2)17-4-3-15(7)11(16)9-5-14-10(12)6-13-9/h5-8H,3-4H2,1-2H3,(H2,12,14). The van der Waals surface area contributed by atoms with Gasteiger partial charge < -0.3 is 10.6 Å². The molecular weight excluding hydrogens is 236 g/mol. The van der Waals surface area contributed by atoms with Gasteiger partial charge in [0.1, 0.15) is 11.5 Å². The summed E-state index contributed by atoms with van der Waals surface area (Å²) in [5.74, 6) is 1.24. The summed E-state index contributed by atoms with van der Waals surface area (Å²) >= 11 is 1.90. The van der Waals surface area contributed by atoms with Crippen LogP contribution in [0.25, 0.3) is 0 Å². The van der Waals surface area contributed by atoms with Crippen molar-refractivity contribution in [2.24, 2.45) is 0 Å². The number of nitrogens with two attached hydrogens (primary N) is 1. The first-order chi connectivity index (χ1) is 8.09. The summed E-state index contributed by atoms with van der Waals surface area (Å²) < 4.78 is 0. The highest BCUT2D eigenvalue weighted by Crippen LogP contribution is 2.25. The zero-order chi connectivity index (χ0) is 12.4. The van der Waals surface area contributed by atoms with Crippen LogP contribution in [0.2, 0.25) is 0 Å². The topological polar surface area (TPSA) is 72.1 Å². The SMILES string of the molecule is CC1SCCN(C(=O)c2cnc(N)cn2)C1C. The molecule has 1 fully saturated rings. The molecule has 17 heavy (non-hydrogen) atoms. The predicted octanol–water partition coefficient (Wildman–Crippen LogP) is 1.02. The lowest BCUT2D eigenvalue weighted by molar-refractivity contribution is 0.0691. The molecule has 1 aliphatic rings. The van der Waals surface area contributed by atoms with Gasteiger partial charge in [-0.1, -0.05) is 6.92 Å². The lowest BCUT2D eigenvalue weighted by Gasteiger charge is -2.37. The van der Waals surface area contributed by atoms with Gasteiger partial charge in [-0.15, -0.1) is 0 Å². The molecule has 92 valence electrons. The van der Waals surface area contributed by atoms with E-state index in [0.717, 1.165) is 12.3 Å². The summed E-state index contributed by atoms with van der Waals surface area (Å²) in [5.41, 5.74) is 5.82. The van der Waals surface area contributed by atoms with Crippen LogP contribution in [-0.4, -0.2) is 44.4 Å². The maximum Gasteiger partial charge on any atom is 0.274 e. The molecule has 0 radical (unpaired) electrons. The second-order valence-electron chi connectivity index (χ2n) is 4.14. The van der Waals surface area contributed by atoms with Gasteiger partial charge in [-0.2, -0.15) is 11.8 Å². The Hall–Kier alpha value is -1.30. The third-order valence-electron chi connectivity index (χ3n) is 3.04. The van der Waals surface area contributed by atoms with Crippen molar-refractivity contribution < 1.29 is 4.79 Å². The van der Waals surface area contributed by atoms with E-state index in [4.69, 9.17) is 5.73 Å². The minimum atomic E-state index is -0.0582. The number of aromatic nitrogens is 2. The molecule has 0 spiro atoms. The number of amides is 1. The monoisotopic (exact) mass is 252 g/mol. The molecule has 6 heteroatoms. The molecule has 2 unspecified atom stereocenters. The molecular formula is C11H16N4OS. The number of nitrogens with zero attached hydrogens (tertiary/aromatic N) is 3. The van der Waals surface area contributed by atoms with Crippen LogP contribution in [0.4, 0.5) is 5.82 Å². The Morgan fingerprint density at radius 1 is 1.47 bits per heavy atom. The minimum Gasteiger partial charge on any atom is -0.382 e. The first kappa shape index (κ1) is 12.2. The number of carbonyl (C=O) groups excluding carboxylic acids is 1. The van der Waals surface area contributed by atoms with Crippen molar-refractivity contribution >= 4 is 23.5 Å². The number of hydrogen-bond acceptors (Lipinski definition) is 5. The Balaban J connectivity index is 2.16. The highest BCUT2D eigenvalue weighted by molar-refractivity contribution is 8.00. The lowest BCUT2D eigenvalue weighted by Crippen LogP contribution is -2.48. The van der Waals surface area contributed by atoms with Crippen LogP contribution in [0.1, 0.15) is 24.3 Å². The molecule has 2 rings (SSSR count). The Labute approximate surface area is 105 Å². The van der Waals surface area contributed by atoms with E-state index >= 15 is 0 Å². The average molecular weight is 252 g/mol. The molecule has 0 aliphatic carbocycles. The van der Waals surface area contributed by atoms with E-state index in [1.165, 1.54) is 12.4 Å². The van der Waals surface area contributed by atoms with Crippen LogP contribution in [0.15, 0.2) is 12.4 Å². The summed E-state index contributed by atoms with van der Waals surface area (Å²) in [6, 6.07) is 0.223. The van der Waals surface area contributed by atoms with Gasteiger partial charge in [0.05, 0.1) is 12.4 Å². The molecule has 0 aromatic carbocycles. The quantitative estimate of drug-likeness (QED) is 0.808. The van der Waals surface area contributed by atoms with Gasteiger partial charge in [-0.3, -0.25) is 4.79 Å². The Bertz CT molecular complexity index is 408. The van der Waals surface area contributed by atoms with Crippen molar-refractivity contribution in [1.82, 2.24) is 14.9 Å². The molecule has 2 atom stereocenters. The molecule has 1 aromatic heterocycles. The Morgan fingerprint density at radius 3 is 2.88 bits per heavy atom. The van der Waals surface area contributed by atoms with E-state index in [-0.39, 0.29) is 11.9 Å². The van der Waals surface area contributed by atoms with Crippen molar-refractivity contribution in [3.63, 3.8) is 0 Å². The van der Waals surface area contributed by atoms with Crippen LogP contribution >= 0.6 is 11.8 Å². The number of hydrogen-bond donors (Lipinski definition) is 1. The van der Waals surface area contributed by atoms with Gasteiger partial charge >= 0.3 is 0 Å². The van der Waals surface area contributed by atoms with Crippen LogP contribution in [0, 0.1) is 0 Å². The van der Waals surface area contributed by atoms with Crippen molar-refractivity contribution in [1.29, 1.82) is 0 Å². The zero-order valence-corrected chi connectivity index (χ0v) is 10.8. The van der Waals surface area contributed by atoms with Crippen molar-refractivity contribution in [3.8, 4) is 0 Å². The van der Waals surface area contributed by atoms with E-state index in [1.54, 1.807) is 0 Å². The molecule has 0 saturated carbocycles. The van der Waals surface area contributed by atoms with E-state index in [0.29, 0.717) is 16.8 Å². The van der Waals surface area contributed by atoms with Gasteiger partial charge in [0.25, 0.3) is 5.91 Å². The number of nitrogen functional groups attached to an aromatic ring is 1. The fraction of sp³-hybridized carbons (Fsp3) is 0.545. The summed E-state index contributed by atoms with van der Waals surface area (Å²) in [6.45, 7) is 4.98. The summed E-state index contributed by atoms with van der Waals surface area (Å²) in [5, 5.41) is 0.453. The fourth-order valence-electron chi connectivity index (χ4n) is 1.82. The van der Waals surface area contributed by atoms with Crippen molar-refractivity contribution in [3.05, 3.63) is 18.1 Å². The van der Waals surface area contributed by atoms with E-state index < -0.39 is 0 Å². The van der Waals surface area contributed by atoms with Gasteiger partial charge in [0, 0.05) is 23.6 Å². The minimum absolute atomic E-state index is 0.0582. The molecule has 1 amide bonds. The number of carbonyl (C=O) groups is 1. The third-order valence-corrected chi connectivity index (χ3v) is 4.37. The van der Waals surface area contributed by atoms with Gasteiger partial charge in [0.15, 0.2) is 0 Å². The number of thioether (sulfide) groups is 1. The number of anilines is 1. The lowest BCUT2D eigenvalue weighted by atomic mass is 10.2. The first-order valence-corrected chi connectivity index (χ1v) is 6.64. The summed E-state index contributed by atoms with van der Waals surface area (Å²) in [4.78, 5) is 22.0. The maximum absolute atomic E-state index is 12.2. The highest BCUT2D eigenvalue weighted by Gasteiger charge is 2.30. The summed E-state index contributed by atoms with van der Waals surface area (Å²) in [7, 11) is 0. The maximum atomic E-state index is 12.2. The molecule has 1 aromatic rings. The molecule has 2 N–H and O–H groups in total. The van der Waals surface area contributed by atoms with Crippen LogP contribution < -0.4 is 5.73 Å². The Morgan fingerprint density at radius 2 is 2.24 bits per heavy atom. The van der Waals surface area contributed by atoms with Crippen molar-refractivity contribution in [2.45, 2.75) is 25.1 Å². The van der Waals surface area contributed by atoms with Crippen LogP contribution in [-0.2, 0) is 0 Å². The van der Waals surface area contributed by atoms with Crippen molar-refractivity contribution in [2.75, 3.05) is 18.0 Å². The van der Waals surface area contributed by atoms with Gasteiger partial charge in [-0.05, 0) is 6.92 Å². The van der Waals surface area contributed by atoms with E-state index in [1.807, 2.05) is 16.7 Å². The second-order valence-corrected chi connectivity index (χ2v) is 5.63. The van der Waals surface area contributed by atoms with Crippen LogP contribution in [0.5, 0.6) is 0 Å². The smallest absolute Gasteiger partial charge is 0.274 e. The highest BCUT2D eigenvalue weighted by atomic mass is 32.2. The molecule has 1 aliphatic heterocycles. The van der Waals surface area contributed by atoms with Crippen LogP contribution in [0.3, 0.4) is 0 Å². The predicted molar refractivity (Wildman–Crippen MR) is 68.9 cm³/mol. The first-order valence-electron chi connectivity index (χ1n) is 5.59. The third kappa shape index (κ3) is 2.52. The zero-order valence-electron chi connectivity index (χ0n) is 9.96. The van der Waals surface area contributed by atoms with Gasteiger partial charge in [-0.25, -0.2) is 9.97 Å². The molecule has 5 nitrogen and oxygen atoms in total. The van der Waals surface area contributed by atoms with Gasteiger partial charge in [0.2, 0.25) is 0 Å². The number of rotatable bonds is 1. The second kappa shape index (κ2) is 4.91. The molecule has 1 saturated heterocycles. The largest absolute Gasteiger partial charge is 0.382 e. The molecule has 2 heterocycles. The summed E-state index contributed by atoms with van der Waals surface area (Å²) in [6.07, 6.45) is 2.86. The molecule has 0 bridgehead atoms. The normalized spacial score (nSPS) is 24.7. The average Bonchev–Trinajstić information content (AvgIpc) is 2.33. The Kier molecular flexibility index (Phi) is 3.51. The fourth-order valence-corrected chi connectivity index (χ4v) is 2.91. The van der Waals surface area contributed by atoms with E-state index in [2.05, 4.69) is 23.8 Å².